The second-order valence-corrected chi connectivity index (χ2v) is 6.96. The maximum Gasteiger partial charge on any atom is 0.274 e. The van der Waals surface area contributed by atoms with E-state index in [2.05, 4.69) is 34.4 Å². The fourth-order valence-corrected chi connectivity index (χ4v) is 3.32. The summed E-state index contributed by atoms with van der Waals surface area (Å²) in [6, 6.07) is 10.1. The van der Waals surface area contributed by atoms with Gasteiger partial charge in [0.1, 0.15) is 17.8 Å². The third kappa shape index (κ3) is 4.56. The number of hydrogen-bond donors (Lipinski definition) is 2. The summed E-state index contributed by atoms with van der Waals surface area (Å²) in [4.78, 5) is 21.0. The molecule has 0 aliphatic heterocycles. The summed E-state index contributed by atoms with van der Waals surface area (Å²) < 4.78 is 0. The minimum Gasteiger partial charge on any atom is -0.367 e. The van der Waals surface area contributed by atoms with Crippen molar-refractivity contribution in [2.45, 2.75) is 57.9 Å². The molecule has 1 aromatic carbocycles. The standard InChI is InChI=1S/C20H26N4O/c1-14(2)16-10-6-7-11-17(16)24-20(25)18-12-19(22-13-21-18)23-15-8-4-3-5-9-15/h6-7,10-15H,3-5,8-9H2,1-2H3,(H,24,25)(H,21,22,23). The van der Waals surface area contributed by atoms with E-state index in [-0.39, 0.29) is 5.91 Å². The van der Waals surface area contributed by atoms with E-state index in [0.29, 0.717) is 17.7 Å². The Morgan fingerprint density at radius 2 is 1.88 bits per heavy atom. The van der Waals surface area contributed by atoms with Crippen molar-refractivity contribution in [2.24, 2.45) is 0 Å². The maximum absolute atomic E-state index is 12.6. The first kappa shape index (κ1) is 17.4. The van der Waals surface area contributed by atoms with Gasteiger partial charge in [-0.05, 0) is 30.4 Å². The van der Waals surface area contributed by atoms with E-state index >= 15 is 0 Å². The van der Waals surface area contributed by atoms with Crippen LogP contribution in [-0.2, 0) is 0 Å². The minimum atomic E-state index is -0.206. The Hall–Kier alpha value is -2.43. The molecule has 1 aromatic heterocycles. The van der Waals surface area contributed by atoms with Gasteiger partial charge in [-0.25, -0.2) is 9.97 Å². The molecular formula is C20H26N4O. The van der Waals surface area contributed by atoms with Crippen molar-refractivity contribution in [1.82, 2.24) is 9.97 Å². The largest absolute Gasteiger partial charge is 0.367 e. The number of hydrogen-bond acceptors (Lipinski definition) is 4. The Bertz CT molecular complexity index is 723. The molecule has 0 unspecified atom stereocenters. The van der Waals surface area contributed by atoms with Crippen molar-refractivity contribution < 1.29 is 4.79 Å². The summed E-state index contributed by atoms with van der Waals surface area (Å²) in [7, 11) is 0. The van der Waals surface area contributed by atoms with E-state index in [1.165, 1.54) is 25.6 Å². The minimum absolute atomic E-state index is 0.206. The van der Waals surface area contributed by atoms with Crippen LogP contribution in [0.2, 0.25) is 0 Å². The molecule has 0 bridgehead atoms. The Kier molecular flexibility index (Phi) is 5.64. The summed E-state index contributed by atoms with van der Waals surface area (Å²) in [5.41, 5.74) is 2.33. The van der Waals surface area contributed by atoms with Gasteiger partial charge in [-0.2, -0.15) is 0 Å². The molecule has 1 aliphatic rings. The third-order valence-corrected chi connectivity index (χ3v) is 4.69. The molecule has 0 atom stereocenters. The molecular weight excluding hydrogens is 312 g/mol. The fourth-order valence-electron chi connectivity index (χ4n) is 3.32. The number of rotatable bonds is 5. The molecule has 2 aromatic rings. The number of anilines is 2. The lowest BCUT2D eigenvalue weighted by atomic mass is 9.95. The van der Waals surface area contributed by atoms with Gasteiger partial charge in [0.25, 0.3) is 5.91 Å². The van der Waals surface area contributed by atoms with Gasteiger partial charge in [-0.1, -0.05) is 51.3 Å². The molecule has 25 heavy (non-hydrogen) atoms. The SMILES string of the molecule is CC(C)c1ccccc1NC(=O)c1cc(NC2CCCCC2)ncn1. The predicted molar refractivity (Wildman–Crippen MR) is 101 cm³/mol. The molecule has 0 spiro atoms. The van der Waals surface area contributed by atoms with E-state index < -0.39 is 0 Å². The first-order valence-corrected chi connectivity index (χ1v) is 9.12. The predicted octanol–water partition coefficient (Wildman–Crippen LogP) is 4.60. The van der Waals surface area contributed by atoms with E-state index in [1.807, 2.05) is 24.3 Å². The topological polar surface area (TPSA) is 66.9 Å². The van der Waals surface area contributed by atoms with Crippen molar-refractivity contribution in [1.29, 1.82) is 0 Å². The number of nitrogens with one attached hydrogen (secondary N) is 2. The van der Waals surface area contributed by atoms with Crippen LogP contribution in [0.1, 0.15) is 67.9 Å². The fraction of sp³-hybridized carbons (Fsp3) is 0.450. The Labute approximate surface area is 149 Å². The van der Waals surface area contributed by atoms with Crippen molar-refractivity contribution in [3.8, 4) is 0 Å². The average molecular weight is 338 g/mol. The molecule has 1 aliphatic carbocycles. The number of carbonyl (C=O) groups is 1. The van der Waals surface area contributed by atoms with Crippen LogP contribution in [0.4, 0.5) is 11.5 Å². The Morgan fingerprint density at radius 3 is 2.64 bits per heavy atom. The lowest BCUT2D eigenvalue weighted by Gasteiger charge is -2.23. The van der Waals surface area contributed by atoms with Crippen LogP contribution in [-0.4, -0.2) is 21.9 Å². The number of benzene rings is 1. The van der Waals surface area contributed by atoms with Crippen molar-refractivity contribution >= 4 is 17.4 Å². The number of carbonyl (C=O) groups excluding carboxylic acids is 1. The smallest absolute Gasteiger partial charge is 0.274 e. The van der Waals surface area contributed by atoms with Crippen LogP contribution in [0.5, 0.6) is 0 Å². The van der Waals surface area contributed by atoms with Crippen LogP contribution < -0.4 is 10.6 Å². The number of nitrogens with zero attached hydrogens (tertiary/aromatic N) is 2. The van der Waals surface area contributed by atoms with Gasteiger partial charge in [-0.3, -0.25) is 4.79 Å². The van der Waals surface area contributed by atoms with Crippen LogP contribution in [0.3, 0.4) is 0 Å². The summed E-state index contributed by atoms with van der Waals surface area (Å²) in [5.74, 6) is 0.858. The highest BCUT2D eigenvalue weighted by molar-refractivity contribution is 6.03. The molecule has 1 heterocycles. The zero-order valence-electron chi connectivity index (χ0n) is 15.0. The van der Waals surface area contributed by atoms with Gasteiger partial charge in [0.2, 0.25) is 0 Å². The number of para-hydroxylation sites is 1. The quantitative estimate of drug-likeness (QED) is 0.836. The highest BCUT2D eigenvalue weighted by atomic mass is 16.1. The third-order valence-electron chi connectivity index (χ3n) is 4.69. The van der Waals surface area contributed by atoms with Gasteiger partial charge >= 0.3 is 0 Å². The van der Waals surface area contributed by atoms with Gasteiger partial charge in [0, 0.05) is 17.8 Å². The molecule has 0 saturated heterocycles. The molecule has 5 heteroatoms. The highest BCUT2D eigenvalue weighted by Gasteiger charge is 2.16. The lowest BCUT2D eigenvalue weighted by molar-refractivity contribution is 0.102. The van der Waals surface area contributed by atoms with Gasteiger partial charge in [-0.15, -0.1) is 0 Å². The summed E-state index contributed by atoms with van der Waals surface area (Å²) in [6.45, 7) is 4.23. The number of amides is 1. The van der Waals surface area contributed by atoms with E-state index in [4.69, 9.17) is 0 Å². The molecule has 2 N–H and O–H groups in total. The lowest BCUT2D eigenvalue weighted by Crippen LogP contribution is -2.23. The molecule has 5 nitrogen and oxygen atoms in total. The molecule has 0 radical (unpaired) electrons. The van der Waals surface area contributed by atoms with Crippen molar-refractivity contribution in [3.63, 3.8) is 0 Å². The maximum atomic E-state index is 12.6. The van der Waals surface area contributed by atoms with Crippen molar-refractivity contribution in [2.75, 3.05) is 10.6 Å². The average Bonchev–Trinajstić information content (AvgIpc) is 2.63. The van der Waals surface area contributed by atoms with Gasteiger partial charge in [0.05, 0.1) is 0 Å². The van der Waals surface area contributed by atoms with Crippen LogP contribution in [0.15, 0.2) is 36.7 Å². The molecule has 1 amide bonds. The second kappa shape index (κ2) is 8.10. The summed E-state index contributed by atoms with van der Waals surface area (Å²) in [6.07, 6.45) is 7.59. The monoisotopic (exact) mass is 338 g/mol. The van der Waals surface area contributed by atoms with Crippen molar-refractivity contribution in [3.05, 3.63) is 47.9 Å². The molecule has 3 rings (SSSR count). The summed E-state index contributed by atoms with van der Waals surface area (Å²) >= 11 is 0. The van der Waals surface area contributed by atoms with E-state index in [0.717, 1.165) is 29.9 Å². The summed E-state index contributed by atoms with van der Waals surface area (Å²) in [5, 5.41) is 6.42. The second-order valence-electron chi connectivity index (χ2n) is 6.96. The normalized spacial score (nSPS) is 15.2. The highest BCUT2D eigenvalue weighted by Crippen LogP contribution is 2.24. The molecule has 132 valence electrons. The first-order chi connectivity index (χ1) is 12.1. The first-order valence-electron chi connectivity index (χ1n) is 9.12. The van der Waals surface area contributed by atoms with Gasteiger partial charge in [0.15, 0.2) is 0 Å². The van der Waals surface area contributed by atoms with Gasteiger partial charge < -0.3 is 10.6 Å². The zero-order valence-corrected chi connectivity index (χ0v) is 15.0. The Morgan fingerprint density at radius 1 is 1.12 bits per heavy atom. The van der Waals surface area contributed by atoms with E-state index in [9.17, 15) is 4.79 Å². The van der Waals surface area contributed by atoms with Crippen LogP contribution in [0, 0.1) is 0 Å². The van der Waals surface area contributed by atoms with Crippen LogP contribution >= 0.6 is 0 Å². The molecule has 1 saturated carbocycles. The Balaban J connectivity index is 1.71. The zero-order chi connectivity index (χ0) is 17.6. The van der Waals surface area contributed by atoms with E-state index in [1.54, 1.807) is 6.07 Å². The number of aromatic nitrogens is 2. The van der Waals surface area contributed by atoms with Crippen LogP contribution in [0.25, 0.3) is 0 Å². The molecule has 1 fully saturated rings.